The van der Waals surface area contributed by atoms with Crippen molar-refractivity contribution in [2.75, 3.05) is 13.7 Å². The van der Waals surface area contributed by atoms with Gasteiger partial charge in [-0.2, -0.15) is 0 Å². The number of methoxy groups -OCH3 is 1. The number of hydrogen-bond donors (Lipinski definition) is 0. The zero-order valence-electron chi connectivity index (χ0n) is 8.19. The highest BCUT2D eigenvalue weighted by Gasteiger charge is 2.36. The van der Waals surface area contributed by atoms with Crippen LogP contribution in [0.25, 0.3) is 0 Å². The van der Waals surface area contributed by atoms with Gasteiger partial charge < -0.3 is 9.47 Å². The van der Waals surface area contributed by atoms with E-state index in [2.05, 4.69) is 16.1 Å². The van der Waals surface area contributed by atoms with Crippen molar-refractivity contribution in [2.45, 2.75) is 12.8 Å². The van der Waals surface area contributed by atoms with E-state index in [0.29, 0.717) is 12.9 Å². The molecule has 0 aromatic carbocycles. The normalized spacial score (nSPS) is 25.9. The van der Waals surface area contributed by atoms with Crippen molar-refractivity contribution < 1.29 is 19.1 Å². The molecule has 4 nitrogen and oxygen atoms in total. The molecular formula is C10H14O4. The first-order valence-electron chi connectivity index (χ1n) is 4.48. The van der Waals surface area contributed by atoms with Gasteiger partial charge in [0.1, 0.15) is 0 Å². The number of carbonyl (C=O) groups excluding carboxylic acids is 2. The van der Waals surface area contributed by atoms with Gasteiger partial charge in [-0.1, -0.05) is 12.2 Å². The van der Waals surface area contributed by atoms with Crippen LogP contribution in [0.2, 0.25) is 0 Å². The maximum atomic E-state index is 11.3. The standard InChI is InChI=1S/C10H14O4/c1-7-3-8(5-14-6-11)9(4-7)10(12)13-2/h6,8-9H,1,3-5H2,2H3/t8-,9+/m1/s1. The first kappa shape index (κ1) is 10.8. The van der Waals surface area contributed by atoms with Gasteiger partial charge in [0.15, 0.2) is 0 Å². The molecule has 0 saturated heterocycles. The fraction of sp³-hybridized carbons (Fsp3) is 0.600. The van der Waals surface area contributed by atoms with E-state index in [4.69, 9.17) is 0 Å². The molecule has 2 atom stereocenters. The van der Waals surface area contributed by atoms with Gasteiger partial charge in [0, 0.05) is 5.92 Å². The zero-order valence-corrected chi connectivity index (χ0v) is 8.19. The predicted molar refractivity (Wildman–Crippen MR) is 49.4 cm³/mol. The number of hydrogen-bond acceptors (Lipinski definition) is 4. The van der Waals surface area contributed by atoms with E-state index in [1.165, 1.54) is 7.11 Å². The molecule has 1 rings (SSSR count). The average Bonchev–Trinajstić information content (AvgIpc) is 2.55. The van der Waals surface area contributed by atoms with Crippen LogP contribution in [0.3, 0.4) is 0 Å². The van der Waals surface area contributed by atoms with Gasteiger partial charge in [-0.05, 0) is 12.8 Å². The molecule has 0 radical (unpaired) electrons. The molecule has 0 heterocycles. The third-order valence-electron chi connectivity index (χ3n) is 2.51. The summed E-state index contributed by atoms with van der Waals surface area (Å²) in [6.07, 6.45) is 1.37. The Morgan fingerprint density at radius 2 is 2.36 bits per heavy atom. The van der Waals surface area contributed by atoms with Gasteiger partial charge in [0.2, 0.25) is 0 Å². The van der Waals surface area contributed by atoms with Crippen LogP contribution in [0, 0.1) is 11.8 Å². The molecule has 78 valence electrons. The number of carbonyl (C=O) groups is 2. The fourth-order valence-corrected chi connectivity index (χ4v) is 1.84. The molecule has 1 saturated carbocycles. The van der Waals surface area contributed by atoms with Crippen molar-refractivity contribution in [3.63, 3.8) is 0 Å². The zero-order chi connectivity index (χ0) is 10.6. The van der Waals surface area contributed by atoms with Crippen LogP contribution >= 0.6 is 0 Å². The van der Waals surface area contributed by atoms with Gasteiger partial charge in [-0.3, -0.25) is 9.59 Å². The van der Waals surface area contributed by atoms with Crippen molar-refractivity contribution in [1.82, 2.24) is 0 Å². The number of rotatable bonds is 4. The van der Waals surface area contributed by atoms with E-state index in [1.807, 2.05) is 0 Å². The Hall–Kier alpha value is -1.32. The van der Waals surface area contributed by atoms with E-state index in [0.717, 1.165) is 12.0 Å². The highest BCUT2D eigenvalue weighted by molar-refractivity contribution is 5.73. The molecule has 0 aromatic heterocycles. The minimum atomic E-state index is -0.247. The van der Waals surface area contributed by atoms with Crippen LogP contribution in [-0.2, 0) is 19.1 Å². The summed E-state index contributed by atoms with van der Waals surface area (Å²) in [5, 5.41) is 0. The largest absolute Gasteiger partial charge is 0.469 e. The van der Waals surface area contributed by atoms with Gasteiger partial charge >= 0.3 is 5.97 Å². The minimum absolute atomic E-state index is 0.0279. The summed E-state index contributed by atoms with van der Waals surface area (Å²) >= 11 is 0. The van der Waals surface area contributed by atoms with Crippen molar-refractivity contribution in [3.8, 4) is 0 Å². The third-order valence-corrected chi connectivity index (χ3v) is 2.51. The van der Waals surface area contributed by atoms with E-state index in [1.54, 1.807) is 0 Å². The molecule has 0 unspecified atom stereocenters. The van der Waals surface area contributed by atoms with Crippen LogP contribution in [0.15, 0.2) is 12.2 Å². The number of allylic oxidation sites excluding steroid dienone is 1. The molecule has 4 heteroatoms. The summed E-state index contributed by atoms with van der Waals surface area (Å²) in [6.45, 7) is 4.49. The Morgan fingerprint density at radius 3 is 2.93 bits per heavy atom. The lowest BCUT2D eigenvalue weighted by molar-refractivity contribution is -0.148. The van der Waals surface area contributed by atoms with E-state index >= 15 is 0 Å². The third kappa shape index (κ3) is 2.34. The Bertz CT molecular complexity index is 247. The summed E-state index contributed by atoms with van der Waals surface area (Å²) in [5.74, 6) is -0.421. The highest BCUT2D eigenvalue weighted by atomic mass is 16.5. The van der Waals surface area contributed by atoms with Crippen molar-refractivity contribution >= 4 is 12.4 Å². The maximum Gasteiger partial charge on any atom is 0.309 e. The molecule has 0 N–H and O–H groups in total. The summed E-state index contributed by atoms with van der Waals surface area (Å²) in [5.41, 5.74) is 1.01. The lowest BCUT2D eigenvalue weighted by Gasteiger charge is -2.15. The van der Waals surface area contributed by atoms with Crippen LogP contribution < -0.4 is 0 Å². The monoisotopic (exact) mass is 198 g/mol. The van der Waals surface area contributed by atoms with Crippen molar-refractivity contribution in [3.05, 3.63) is 12.2 Å². The fourth-order valence-electron chi connectivity index (χ4n) is 1.84. The predicted octanol–water partition coefficient (Wildman–Crippen LogP) is 0.915. The molecule has 0 amide bonds. The van der Waals surface area contributed by atoms with Crippen LogP contribution in [0.5, 0.6) is 0 Å². The molecule has 14 heavy (non-hydrogen) atoms. The molecule has 0 aliphatic heterocycles. The molecule has 0 bridgehead atoms. The maximum absolute atomic E-state index is 11.3. The molecule has 0 spiro atoms. The first-order valence-corrected chi connectivity index (χ1v) is 4.48. The Morgan fingerprint density at radius 1 is 1.64 bits per heavy atom. The Balaban J connectivity index is 2.57. The SMILES string of the molecule is C=C1C[C@H](COC=O)[C@@H](C(=O)OC)C1. The van der Waals surface area contributed by atoms with Crippen molar-refractivity contribution in [2.24, 2.45) is 11.8 Å². The average molecular weight is 198 g/mol. The molecule has 1 fully saturated rings. The summed E-state index contributed by atoms with van der Waals surface area (Å²) in [7, 11) is 1.36. The quantitative estimate of drug-likeness (QED) is 0.383. The molecule has 1 aliphatic carbocycles. The van der Waals surface area contributed by atoms with Crippen LogP contribution in [0.1, 0.15) is 12.8 Å². The van der Waals surface area contributed by atoms with Gasteiger partial charge in [-0.25, -0.2) is 0 Å². The number of esters is 1. The minimum Gasteiger partial charge on any atom is -0.469 e. The summed E-state index contributed by atoms with van der Waals surface area (Å²) in [6, 6.07) is 0. The molecule has 1 aliphatic rings. The van der Waals surface area contributed by atoms with E-state index in [-0.39, 0.29) is 24.4 Å². The van der Waals surface area contributed by atoms with Crippen LogP contribution in [-0.4, -0.2) is 26.2 Å². The van der Waals surface area contributed by atoms with Crippen LogP contribution in [0.4, 0.5) is 0 Å². The van der Waals surface area contributed by atoms with Crippen molar-refractivity contribution in [1.29, 1.82) is 0 Å². The second kappa shape index (κ2) is 4.79. The topological polar surface area (TPSA) is 52.6 Å². The molecule has 0 aromatic rings. The Kier molecular flexibility index (Phi) is 3.68. The van der Waals surface area contributed by atoms with Gasteiger partial charge in [0.05, 0.1) is 19.6 Å². The second-order valence-electron chi connectivity index (χ2n) is 3.48. The smallest absolute Gasteiger partial charge is 0.309 e. The second-order valence-corrected chi connectivity index (χ2v) is 3.48. The number of ether oxygens (including phenoxy) is 2. The Labute approximate surface area is 82.9 Å². The molecular weight excluding hydrogens is 184 g/mol. The lowest BCUT2D eigenvalue weighted by Crippen LogP contribution is -2.23. The highest BCUT2D eigenvalue weighted by Crippen LogP contribution is 2.35. The lowest BCUT2D eigenvalue weighted by atomic mass is 9.97. The van der Waals surface area contributed by atoms with Gasteiger partial charge in [-0.15, -0.1) is 0 Å². The first-order chi connectivity index (χ1) is 6.69. The summed E-state index contributed by atoms with van der Waals surface area (Å²) in [4.78, 5) is 21.4. The van der Waals surface area contributed by atoms with E-state index < -0.39 is 0 Å². The summed E-state index contributed by atoms with van der Waals surface area (Å²) < 4.78 is 9.33. The van der Waals surface area contributed by atoms with Gasteiger partial charge in [0.25, 0.3) is 6.47 Å². The van der Waals surface area contributed by atoms with E-state index in [9.17, 15) is 9.59 Å².